The molecule has 1 aromatic rings. The van der Waals surface area contributed by atoms with Gasteiger partial charge in [0.1, 0.15) is 5.82 Å². The second-order valence-corrected chi connectivity index (χ2v) is 7.29. The highest BCUT2D eigenvalue weighted by Gasteiger charge is 2.41. The minimum Gasteiger partial charge on any atom is -0.329 e. The van der Waals surface area contributed by atoms with Crippen LogP contribution in [0.1, 0.15) is 38.2 Å². The van der Waals surface area contributed by atoms with Gasteiger partial charge in [0.2, 0.25) is 0 Å². The molecule has 2 fully saturated rings. The van der Waals surface area contributed by atoms with Gasteiger partial charge in [-0.15, -0.1) is 0 Å². The lowest BCUT2D eigenvalue weighted by Crippen LogP contribution is -2.52. The zero-order valence-corrected chi connectivity index (χ0v) is 12.9. The fourth-order valence-corrected chi connectivity index (χ4v) is 3.39. The summed E-state index contributed by atoms with van der Waals surface area (Å²) in [5.74, 6) is 2.59. The molecule has 2 aliphatic rings. The minimum absolute atomic E-state index is 0.0974. The van der Waals surface area contributed by atoms with E-state index in [1.54, 1.807) is 0 Å². The van der Waals surface area contributed by atoms with E-state index in [1.807, 2.05) is 12.1 Å². The molecular weight excluding hydrogens is 263 g/mol. The molecule has 0 saturated heterocycles. The molecule has 0 bridgehead atoms. The molecule has 1 aromatic carbocycles. The van der Waals surface area contributed by atoms with Gasteiger partial charge in [-0.25, -0.2) is 4.39 Å². The molecule has 2 nitrogen and oxygen atoms in total. The van der Waals surface area contributed by atoms with Gasteiger partial charge in [0.15, 0.2) is 0 Å². The Morgan fingerprint density at radius 2 is 1.76 bits per heavy atom. The van der Waals surface area contributed by atoms with Gasteiger partial charge >= 0.3 is 0 Å². The van der Waals surface area contributed by atoms with Gasteiger partial charge < -0.3 is 11.1 Å². The van der Waals surface area contributed by atoms with Crippen LogP contribution < -0.4 is 11.1 Å². The molecule has 0 aromatic heterocycles. The van der Waals surface area contributed by atoms with Crippen molar-refractivity contribution in [3.8, 4) is 0 Å². The molecule has 0 spiro atoms. The van der Waals surface area contributed by atoms with Crippen molar-refractivity contribution in [1.82, 2.24) is 5.32 Å². The van der Waals surface area contributed by atoms with Crippen LogP contribution >= 0.6 is 0 Å². The monoisotopic (exact) mass is 290 g/mol. The molecule has 0 heterocycles. The van der Waals surface area contributed by atoms with E-state index in [-0.39, 0.29) is 11.4 Å². The first-order valence-corrected chi connectivity index (χ1v) is 8.29. The minimum atomic E-state index is -0.177. The van der Waals surface area contributed by atoms with E-state index in [1.165, 1.54) is 37.8 Å². The average molecular weight is 290 g/mol. The maximum Gasteiger partial charge on any atom is 0.123 e. The van der Waals surface area contributed by atoms with Crippen molar-refractivity contribution in [1.29, 1.82) is 0 Å². The molecule has 2 aliphatic carbocycles. The number of rotatable bonds is 8. The first-order chi connectivity index (χ1) is 10.1. The summed E-state index contributed by atoms with van der Waals surface area (Å²) < 4.78 is 13.0. The fraction of sp³-hybridized carbons (Fsp3) is 0.667. The highest BCUT2D eigenvalue weighted by atomic mass is 19.1. The number of nitrogens with two attached hydrogens (primary N) is 1. The lowest BCUT2D eigenvalue weighted by molar-refractivity contribution is 0.294. The molecule has 0 radical (unpaired) electrons. The van der Waals surface area contributed by atoms with Crippen LogP contribution in [0.5, 0.6) is 0 Å². The lowest BCUT2D eigenvalue weighted by Gasteiger charge is -2.32. The Labute approximate surface area is 127 Å². The number of hydrogen-bond donors (Lipinski definition) is 2. The Kier molecular flexibility index (Phi) is 4.32. The summed E-state index contributed by atoms with van der Waals surface area (Å²) in [6.45, 7) is 3.88. The number of hydrogen-bond acceptors (Lipinski definition) is 2. The highest BCUT2D eigenvalue weighted by molar-refractivity contribution is 5.19. The van der Waals surface area contributed by atoms with Crippen molar-refractivity contribution in [3.05, 3.63) is 35.6 Å². The van der Waals surface area contributed by atoms with Crippen LogP contribution in [0.4, 0.5) is 4.39 Å². The molecule has 3 N–H and O–H groups in total. The number of halogens is 1. The van der Waals surface area contributed by atoms with Crippen molar-refractivity contribution >= 4 is 0 Å². The van der Waals surface area contributed by atoms with E-state index in [4.69, 9.17) is 5.73 Å². The zero-order valence-electron chi connectivity index (χ0n) is 12.9. The predicted molar refractivity (Wildman–Crippen MR) is 84.5 cm³/mol. The molecule has 1 atom stereocenters. The summed E-state index contributed by atoms with van der Waals surface area (Å²) in [5.41, 5.74) is 7.07. The molecule has 3 rings (SSSR count). The van der Waals surface area contributed by atoms with Gasteiger partial charge in [0.05, 0.1) is 0 Å². The number of nitrogens with one attached hydrogen (secondary N) is 1. The van der Waals surface area contributed by atoms with Gasteiger partial charge in [0.25, 0.3) is 0 Å². The molecule has 21 heavy (non-hydrogen) atoms. The van der Waals surface area contributed by atoms with Crippen molar-refractivity contribution in [2.45, 2.75) is 44.6 Å². The summed E-state index contributed by atoms with van der Waals surface area (Å²) in [7, 11) is 0. The largest absolute Gasteiger partial charge is 0.329 e. The summed E-state index contributed by atoms with van der Waals surface area (Å²) in [6.07, 6.45) is 6.52. The van der Waals surface area contributed by atoms with Gasteiger partial charge in [0, 0.05) is 12.1 Å². The molecule has 116 valence electrons. The summed E-state index contributed by atoms with van der Waals surface area (Å²) in [4.78, 5) is 0. The quantitative estimate of drug-likeness (QED) is 0.772. The number of benzene rings is 1. The Balaban J connectivity index is 1.58. The van der Waals surface area contributed by atoms with Crippen LogP contribution in [-0.2, 0) is 6.42 Å². The van der Waals surface area contributed by atoms with Crippen LogP contribution in [-0.4, -0.2) is 18.6 Å². The van der Waals surface area contributed by atoms with E-state index in [9.17, 15) is 4.39 Å². The van der Waals surface area contributed by atoms with Gasteiger partial charge in [-0.1, -0.05) is 12.1 Å². The summed E-state index contributed by atoms with van der Waals surface area (Å²) >= 11 is 0. The van der Waals surface area contributed by atoms with Crippen LogP contribution in [0.15, 0.2) is 24.3 Å². The predicted octanol–water partition coefficient (Wildman–Crippen LogP) is 3.11. The third kappa shape index (κ3) is 4.04. The molecule has 1 unspecified atom stereocenters. The van der Waals surface area contributed by atoms with Crippen molar-refractivity contribution in [2.24, 2.45) is 23.5 Å². The van der Waals surface area contributed by atoms with E-state index in [0.29, 0.717) is 6.54 Å². The third-order valence-corrected chi connectivity index (χ3v) is 5.18. The maximum absolute atomic E-state index is 13.0. The molecule has 0 amide bonds. The van der Waals surface area contributed by atoms with E-state index >= 15 is 0 Å². The SMILES string of the molecule is CC(CN)(Cc1ccc(F)cc1)NCC(C1CC1)C1CC1. The molecule has 3 heteroatoms. The molecular formula is C18H27FN2. The second-order valence-electron chi connectivity index (χ2n) is 7.29. The smallest absolute Gasteiger partial charge is 0.123 e. The Bertz CT molecular complexity index is 453. The Hall–Kier alpha value is -0.930. The van der Waals surface area contributed by atoms with Gasteiger partial charge in [-0.3, -0.25) is 0 Å². The van der Waals surface area contributed by atoms with E-state index in [0.717, 1.165) is 36.3 Å². The van der Waals surface area contributed by atoms with Gasteiger partial charge in [-0.2, -0.15) is 0 Å². The summed E-state index contributed by atoms with van der Waals surface area (Å²) in [5, 5.41) is 3.73. The second kappa shape index (κ2) is 6.05. The lowest BCUT2D eigenvalue weighted by atomic mass is 9.90. The topological polar surface area (TPSA) is 38.0 Å². The van der Waals surface area contributed by atoms with E-state index < -0.39 is 0 Å². The third-order valence-electron chi connectivity index (χ3n) is 5.18. The van der Waals surface area contributed by atoms with Crippen LogP contribution in [0.2, 0.25) is 0 Å². The van der Waals surface area contributed by atoms with Crippen LogP contribution in [0.3, 0.4) is 0 Å². The Morgan fingerprint density at radius 3 is 2.24 bits per heavy atom. The van der Waals surface area contributed by atoms with E-state index in [2.05, 4.69) is 12.2 Å². The van der Waals surface area contributed by atoms with Crippen LogP contribution in [0.25, 0.3) is 0 Å². The molecule has 0 aliphatic heterocycles. The summed E-state index contributed by atoms with van der Waals surface area (Å²) in [6, 6.07) is 6.79. The average Bonchev–Trinajstić information content (AvgIpc) is 3.35. The van der Waals surface area contributed by atoms with Crippen LogP contribution in [0, 0.1) is 23.6 Å². The zero-order chi connectivity index (χ0) is 14.9. The normalized spacial score (nSPS) is 21.5. The standard InChI is InChI=1S/C18H27FN2/c1-18(12-20,10-13-2-8-16(19)9-3-13)21-11-17(14-4-5-14)15-6-7-15/h2-3,8-9,14-15,17,21H,4-7,10-12,20H2,1H3. The fourth-order valence-electron chi connectivity index (χ4n) is 3.39. The van der Waals surface area contributed by atoms with Gasteiger partial charge in [-0.05, 0) is 81.0 Å². The van der Waals surface area contributed by atoms with Crippen molar-refractivity contribution < 1.29 is 4.39 Å². The molecule has 2 saturated carbocycles. The first kappa shape index (κ1) is 15.0. The Morgan fingerprint density at radius 1 is 1.19 bits per heavy atom. The maximum atomic E-state index is 13.0. The first-order valence-electron chi connectivity index (χ1n) is 8.29. The van der Waals surface area contributed by atoms with Crippen molar-refractivity contribution in [2.75, 3.05) is 13.1 Å². The van der Waals surface area contributed by atoms with Crippen molar-refractivity contribution in [3.63, 3.8) is 0 Å². The highest BCUT2D eigenvalue weighted by Crippen LogP contribution is 2.48.